The lowest BCUT2D eigenvalue weighted by Gasteiger charge is -2.22. The van der Waals surface area contributed by atoms with E-state index >= 15 is 0 Å². The maximum Gasteiger partial charge on any atom is 0.178 e. The monoisotopic (exact) mass is 330 g/mol. The lowest BCUT2D eigenvalue weighted by Crippen LogP contribution is -2.23. The van der Waals surface area contributed by atoms with Crippen molar-refractivity contribution in [3.05, 3.63) is 41.2 Å². The van der Waals surface area contributed by atoms with Gasteiger partial charge in [0.25, 0.3) is 0 Å². The number of hydrogen-bond donors (Lipinski definition) is 2. The highest BCUT2D eigenvalue weighted by Crippen LogP contribution is 2.30. The van der Waals surface area contributed by atoms with Gasteiger partial charge in [-0.3, -0.25) is 4.79 Å². The van der Waals surface area contributed by atoms with Gasteiger partial charge >= 0.3 is 0 Å². The molecule has 1 heterocycles. The van der Waals surface area contributed by atoms with Gasteiger partial charge in [0.15, 0.2) is 5.82 Å². The number of aliphatic hydroxyl groups is 1. The van der Waals surface area contributed by atoms with Crippen molar-refractivity contribution in [2.75, 3.05) is 6.61 Å². The molecule has 0 aliphatic rings. The Kier molecular flexibility index (Phi) is 7.06. The first-order valence-electron chi connectivity index (χ1n) is 8.58. The Morgan fingerprint density at radius 1 is 1.25 bits per heavy atom. The highest BCUT2D eigenvalue weighted by Gasteiger charge is 2.29. The molecule has 0 aliphatic carbocycles. The summed E-state index contributed by atoms with van der Waals surface area (Å²) in [5.41, 5.74) is 2.36. The summed E-state index contributed by atoms with van der Waals surface area (Å²) in [7, 11) is 0. The van der Waals surface area contributed by atoms with Gasteiger partial charge < -0.3 is 5.11 Å². The normalized spacial score (nSPS) is 13.6. The number of nitrogens with zero attached hydrogens (tertiary/aromatic N) is 3. The van der Waals surface area contributed by atoms with Gasteiger partial charge in [-0.05, 0) is 43.7 Å². The van der Waals surface area contributed by atoms with Crippen molar-refractivity contribution < 1.29 is 9.90 Å². The van der Waals surface area contributed by atoms with Gasteiger partial charge in [-0.2, -0.15) is 5.21 Å². The molecule has 2 rings (SSSR count). The number of aryl methyl sites for hydroxylation is 1. The van der Waals surface area contributed by atoms with Crippen LogP contribution < -0.4 is 0 Å². The molecule has 0 bridgehead atoms. The largest absolute Gasteiger partial charge is 0.396 e. The van der Waals surface area contributed by atoms with Gasteiger partial charge in [0.05, 0.1) is 0 Å². The number of aliphatic hydroxyl groups excluding tert-OH is 1. The van der Waals surface area contributed by atoms with Gasteiger partial charge in [0.2, 0.25) is 0 Å². The summed E-state index contributed by atoms with van der Waals surface area (Å²) in [4.78, 5) is 12.1. The van der Waals surface area contributed by atoms with Crippen LogP contribution >= 0.6 is 0 Å². The number of benzene rings is 1. The van der Waals surface area contributed by atoms with Crippen molar-refractivity contribution in [1.82, 2.24) is 20.6 Å². The number of Topliss-reactive ketones (excluding diaryl/α,β-unsaturated/α-hetero) is 1. The summed E-state index contributed by atoms with van der Waals surface area (Å²) in [5.74, 6) is 0.616. The van der Waals surface area contributed by atoms with Crippen LogP contribution in [0.15, 0.2) is 24.3 Å². The summed E-state index contributed by atoms with van der Waals surface area (Å²) in [6, 6.07) is 8.34. The average molecular weight is 330 g/mol. The first-order chi connectivity index (χ1) is 11.7. The van der Waals surface area contributed by atoms with Gasteiger partial charge in [0, 0.05) is 18.4 Å². The molecule has 0 radical (unpaired) electrons. The fourth-order valence-electron chi connectivity index (χ4n) is 3.12. The number of carbonyl (C=O) groups excluding carboxylic acids is 1. The van der Waals surface area contributed by atoms with Crippen molar-refractivity contribution in [3.63, 3.8) is 0 Å². The highest BCUT2D eigenvalue weighted by atomic mass is 16.2. The molecule has 1 aromatic carbocycles. The van der Waals surface area contributed by atoms with E-state index in [4.69, 9.17) is 5.11 Å². The van der Waals surface area contributed by atoms with E-state index in [2.05, 4.69) is 51.8 Å². The summed E-state index contributed by atoms with van der Waals surface area (Å²) in [6.45, 7) is 3.93. The predicted octanol–water partition coefficient (Wildman–Crippen LogP) is 2.46. The molecule has 0 spiro atoms. The summed E-state index contributed by atoms with van der Waals surface area (Å²) < 4.78 is 0. The molecule has 0 unspecified atom stereocenters. The maximum atomic E-state index is 12.1. The van der Waals surface area contributed by atoms with E-state index in [0.29, 0.717) is 12.2 Å². The van der Waals surface area contributed by atoms with Crippen molar-refractivity contribution in [2.24, 2.45) is 5.92 Å². The molecule has 24 heavy (non-hydrogen) atoms. The fraction of sp³-hybridized carbons (Fsp3) is 0.556. The van der Waals surface area contributed by atoms with Gasteiger partial charge in [-0.15, -0.1) is 10.2 Å². The minimum atomic E-state index is -0.0957. The second-order valence-electron chi connectivity index (χ2n) is 6.23. The Labute approximate surface area is 142 Å². The average Bonchev–Trinajstić information content (AvgIpc) is 3.11. The van der Waals surface area contributed by atoms with Crippen molar-refractivity contribution in [3.8, 4) is 0 Å². The molecule has 2 aromatic rings. The van der Waals surface area contributed by atoms with Crippen LogP contribution in [0, 0.1) is 5.92 Å². The molecule has 0 saturated heterocycles. The van der Waals surface area contributed by atoms with Crippen LogP contribution in [-0.4, -0.2) is 38.1 Å². The molecule has 130 valence electrons. The van der Waals surface area contributed by atoms with E-state index in [1.54, 1.807) is 6.92 Å². The Hall–Kier alpha value is -2.08. The lowest BCUT2D eigenvalue weighted by atomic mass is 9.81. The minimum absolute atomic E-state index is 0.0653. The SMILES string of the molecule is CCC[C@H](C(C)=O)[C@H](Cc1ccc(CCCO)cc1)c1nn[nH]n1. The Morgan fingerprint density at radius 3 is 2.50 bits per heavy atom. The van der Waals surface area contributed by atoms with Crippen LogP contribution in [0.25, 0.3) is 0 Å². The highest BCUT2D eigenvalue weighted by molar-refractivity contribution is 5.79. The molecule has 2 atom stereocenters. The molecule has 6 heteroatoms. The quantitative estimate of drug-likeness (QED) is 0.698. The predicted molar refractivity (Wildman–Crippen MR) is 91.6 cm³/mol. The number of tetrazole rings is 1. The number of H-pyrrole nitrogens is 1. The number of nitrogens with one attached hydrogen (secondary N) is 1. The summed E-state index contributed by atoms with van der Waals surface area (Å²) >= 11 is 0. The van der Waals surface area contributed by atoms with Crippen LogP contribution in [0.2, 0.25) is 0 Å². The van der Waals surface area contributed by atoms with Gasteiger partial charge in [0.1, 0.15) is 5.78 Å². The van der Waals surface area contributed by atoms with E-state index < -0.39 is 0 Å². The van der Waals surface area contributed by atoms with Crippen LogP contribution in [0.4, 0.5) is 0 Å². The van der Waals surface area contributed by atoms with E-state index in [1.807, 2.05) is 0 Å². The number of ketones is 1. The first-order valence-corrected chi connectivity index (χ1v) is 8.58. The zero-order chi connectivity index (χ0) is 17.4. The van der Waals surface area contributed by atoms with Gasteiger partial charge in [-0.25, -0.2) is 0 Å². The Bertz CT molecular complexity index is 610. The number of carbonyl (C=O) groups is 1. The van der Waals surface area contributed by atoms with Crippen LogP contribution in [0.1, 0.15) is 56.0 Å². The Balaban J connectivity index is 2.17. The van der Waals surface area contributed by atoms with Gasteiger partial charge in [-0.1, -0.05) is 42.8 Å². The first kappa shape index (κ1) is 18.3. The second kappa shape index (κ2) is 9.27. The van der Waals surface area contributed by atoms with Crippen molar-refractivity contribution in [2.45, 2.75) is 51.9 Å². The molecule has 0 amide bonds. The standard InChI is InChI=1S/C18H26N4O2/c1-3-5-16(13(2)24)17(18-19-21-22-20-18)12-15-9-7-14(8-10-15)6-4-11-23/h7-10,16-17,23H,3-6,11-12H2,1-2H3,(H,19,20,21,22)/t16-,17+/m1/s1. The Morgan fingerprint density at radius 2 is 1.96 bits per heavy atom. The molecule has 0 saturated carbocycles. The molecule has 0 fully saturated rings. The molecular formula is C18H26N4O2. The maximum absolute atomic E-state index is 12.1. The third-order valence-corrected chi connectivity index (χ3v) is 4.40. The summed E-state index contributed by atoms with van der Waals surface area (Å²) in [6.07, 6.45) is 4.12. The molecule has 1 aromatic heterocycles. The molecule has 0 aliphatic heterocycles. The number of hydrogen-bond acceptors (Lipinski definition) is 5. The smallest absolute Gasteiger partial charge is 0.178 e. The third kappa shape index (κ3) is 4.96. The number of aromatic amines is 1. The van der Waals surface area contributed by atoms with Crippen LogP contribution in [-0.2, 0) is 17.6 Å². The van der Waals surface area contributed by atoms with E-state index in [0.717, 1.165) is 31.2 Å². The fourth-order valence-corrected chi connectivity index (χ4v) is 3.12. The second-order valence-corrected chi connectivity index (χ2v) is 6.23. The lowest BCUT2D eigenvalue weighted by molar-refractivity contribution is -0.121. The zero-order valence-corrected chi connectivity index (χ0v) is 14.4. The van der Waals surface area contributed by atoms with E-state index in [-0.39, 0.29) is 24.2 Å². The summed E-state index contributed by atoms with van der Waals surface area (Å²) in [5, 5.41) is 23.3. The zero-order valence-electron chi connectivity index (χ0n) is 14.4. The third-order valence-electron chi connectivity index (χ3n) is 4.40. The van der Waals surface area contributed by atoms with E-state index in [1.165, 1.54) is 5.56 Å². The van der Waals surface area contributed by atoms with Crippen LogP contribution in [0.5, 0.6) is 0 Å². The topological polar surface area (TPSA) is 91.8 Å². The molecular weight excluding hydrogens is 304 g/mol. The number of rotatable bonds is 10. The molecule has 2 N–H and O–H groups in total. The van der Waals surface area contributed by atoms with Crippen molar-refractivity contribution in [1.29, 1.82) is 0 Å². The van der Waals surface area contributed by atoms with Crippen LogP contribution in [0.3, 0.4) is 0 Å². The minimum Gasteiger partial charge on any atom is -0.396 e. The van der Waals surface area contributed by atoms with E-state index in [9.17, 15) is 4.79 Å². The molecule has 6 nitrogen and oxygen atoms in total. The number of aromatic nitrogens is 4. The van der Waals surface area contributed by atoms with Crippen molar-refractivity contribution >= 4 is 5.78 Å².